The van der Waals surface area contributed by atoms with Crippen LogP contribution in [-0.2, 0) is 9.47 Å². The van der Waals surface area contributed by atoms with Crippen LogP contribution in [0.4, 0.5) is 0 Å². The maximum absolute atomic E-state index is 11.5. The van der Waals surface area contributed by atoms with Crippen LogP contribution in [0.15, 0.2) is 48.5 Å². The first-order chi connectivity index (χ1) is 11.5. The molecule has 2 rings (SSSR count). The zero-order chi connectivity index (χ0) is 17.9. The summed E-state index contributed by atoms with van der Waals surface area (Å²) < 4.78 is 9.70. The van der Waals surface area contributed by atoms with Gasteiger partial charge in [-0.3, -0.25) is 0 Å². The van der Waals surface area contributed by atoms with Crippen molar-refractivity contribution in [3.8, 4) is 0 Å². The molecule has 2 aromatic rings. The minimum absolute atomic E-state index is 0.239. The molecule has 128 valence electrons. The van der Waals surface area contributed by atoms with Gasteiger partial charge < -0.3 is 9.47 Å². The average molecular weight is 346 g/mol. The van der Waals surface area contributed by atoms with Crippen LogP contribution in [-0.4, -0.2) is 25.2 Å². The van der Waals surface area contributed by atoms with E-state index in [1.807, 2.05) is 0 Å². The van der Waals surface area contributed by atoms with Gasteiger partial charge in [0.25, 0.3) is 0 Å². The van der Waals surface area contributed by atoms with Gasteiger partial charge in [0.1, 0.15) is 0 Å². The van der Waals surface area contributed by atoms with Crippen molar-refractivity contribution in [1.82, 2.24) is 0 Å². The average Bonchev–Trinajstić information content (AvgIpc) is 2.58. The Hall–Kier alpha value is -2.19. The van der Waals surface area contributed by atoms with E-state index in [9.17, 15) is 9.59 Å². The number of ether oxygens (including phenoxy) is 2. The van der Waals surface area contributed by atoms with Crippen LogP contribution >= 0.6 is 9.24 Å². The van der Waals surface area contributed by atoms with Crippen molar-refractivity contribution >= 4 is 26.5 Å². The van der Waals surface area contributed by atoms with E-state index in [1.54, 1.807) is 38.1 Å². The molecule has 4 nitrogen and oxygen atoms in total. The first-order valence-electron chi connectivity index (χ1n) is 7.75. The highest BCUT2D eigenvalue weighted by Crippen LogP contribution is 2.11. The van der Waals surface area contributed by atoms with E-state index < -0.39 is 11.9 Å². The van der Waals surface area contributed by atoms with Gasteiger partial charge in [-0.2, -0.15) is 0 Å². The fourth-order valence-electron chi connectivity index (χ4n) is 1.82. The van der Waals surface area contributed by atoms with Crippen molar-refractivity contribution in [3.63, 3.8) is 0 Å². The van der Waals surface area contributed by atoms with E-state index in [-0.39, 0.29) is 24.3 Å². The third-order valence-electron chi connectivity index (χ3n) is 3.00. The Morgan fingerprint density at radius 2 is 1.25 bits per heavy atom. The summed E-state index contributed by atoms with van der Waals surface area (Å²) in [5, 5.41) is 1.25. The minimum Gasteiger partial charge on any atom is -0.462 e. The fourth-order valence-corrected chi connectivity index (χ4v) is 2.02. The molecule has 1 atom stereocenters. The smallest absolute Gasteiger partial charge is 0.338 e. The van der Waals surface area contributed by atoms with Gasteiger partial charge in [-0.25, -0.2) is 9.59 Å². The molecular formula is C19H23O4P. The van der Waals surface area contributed by atoms with E-state index in [0.717, 1.165) is 0 Å². The van der Waals surface area contributed by atoms with E-state index in [2.05, 4.69) is 40.4 Å². The summed E-state index contributed by atoms with van der Waals surface area (Å²) in [6.45, 7) is 6.06. The molecule has 0 N–H and O–H groups in total. The van der Waals surface area contributed by atoms with Crippen LogP contribution < -0.4 is 5.30 Å². The zero-order valence-electron chi connectivity index (χ0n) is 14.2. The molecule has 24 heavy (non-hydrogen) atoms. The van der Waals surface area contributed by atoms with Crippen molar-refractivity contribution in [2.75, 3.05) is 13.2 Å². The maximum Gasteiger partial charge on any atom is 0.338 e. The summed E-state index contributed by atoms with van der Waals surface area (Å²) in [6, 6.07) is 14.8. The lowest BCUT2D eigenvalue weighted by atomic mass is 10.1. The number of hydrogen-bond donors (Lipinski definition) is 0. The molecule has 0 spiro atoms. The Morgan fingerprint density at radius 1 is 0.833 bits per heavy atom. The molecule has 1 unspecified atom stereocenters. The molecule has 0 aromatic heterocycles. The highest BCUT2D eigenvalue weighted by molar-refractivity contribution is 7.27. The van der Waals surface area contributed by atoms with E-state index in [1.165, 1.54) is 10.9 Å². The van der Waals surface area contributed by atoms with Crippen LogP contribution in [0.5, 0.6) is 0 Å². The second-order valence-electron chi connectivity index (χ2n) is 4.90. The standard InChI is InChI=1S/C12H14O4.C7H9P/c1-3-15-11(13)9-7-5-6-8-10(9)12(14)16-4-2;1-6-2-4-7(8)5-3-6/h5-8H,3-4H2,1-2H3;2-5H,8H2,1H3. The van der Waals surface area contributed by atoms with Crippen molar-refractivity contribution < 1.29 is 19.1 Å². The molecule has 0 bridgehead atoms. The molecule has 0 saturated heterocycles. The third-order valence-corrected chi connectivity index (χ3v) is 3.38. The quantitative estimate of drug-likeness (QED) is 0.628. The lowest BCUT2D eigenvalue weighted by Gasteiger charge is -2.07. The molecule has 0 amide bonds. The van der Waals surface area contributed by atoms with E-state index >= 15 is 0 Å². The zero-order valence-corrected chi connectivity index (χ0v) is 15.4. The molecule has 0 saturated carbocycles. The van der Waals surface area contributed by atoms with Crippen LogP contribution in [0, 0.1) is 6.92 Å². The van der Waals surface area contributed by atoms with Gasteiger partial charge in [-0.15, -0.1) is 9.24 Å². The third kappa shape index (κ3) is 6.51. The van der Waals surface area contributed by atoms with Crippen molar-refractivity contribution in [2.45, 2.75) is 20.8 Å². The van der Waals surface area contributed by atoms with E-state index in [0.29, 0.717) is 0 Å². The Morgan fingerprint density at radius 3 is 1.58 bits per heavy atom. The molecular weight excluding hydrogens is 323 g/mol. The van der Waals surface area contributed by atoms with Crippen molar-refractivity contribution in [3.05, 3.63) is 65.2 Å². The summed E-state index contributed by atoms with van der Waals surface area (Å²) in [4.78, 5) is 23.1. The van der Waals surface area contributed by atoms with Gasteiger partial charge in [0.05, 0.1) is 24.3 Å². The molecule has 0 aliphatic heterocycles. The van der Waals surface area contributed by atoms with Crippen LogP contribution in [0.1, 0.15) is 40.1 Å². The van der Waals surface area contributed by atoms with Crippen molar-refractivity contribution in [2.24, 2.45) is 0 Å². The molecule has 0 heterocycles. The second kappa shape index (κ2) is 10.6. The maximum atomic E-state index is 11.5. The molecule has 2 aromatic carbocycles. The van der Waals surface area contributed by atoms with Crippen molar-refractivity contribution in [1.29, 1.82) is 0 Å². The summed E-state index contributed by atoms with van der Waals surface area (Å²) in [5.74, 6) is -1.02. The molecule has 0 fully saturated rings. The summed E-state index contributed by atoms with van der Waals surface area (Å²) >= 11 is 0. The van der Waals surface area contributed by atoms with Gasteiger partial charge >= 0.3 is 11.9 Å². The largest absolute Gasteiger partial charge is 0.462 e. The Labute approximate surface area is 145 Å². The monoisotopic (exact) mass is 346 g/mol. The topological polar surface area (TPSA) is 52.6 Å². The summed E-state index contributed by atoms with van der Waals surface area (Å²) in [5.41, 5.74) is 1.79. The number of aryl methyl sites for hydroxylation is 1. The molecule has 0 radical (unpaired) electrons. The fraction of sp³-hybridized carbons (Fsp3) is 0.263. The van der Waals surface area contributed by atoms with Crippen LogP contribution in [0.3, 0.4) is 0 Å². The number of rotatable bonds is 4. The Bertz CT molecular complexity index is 607. The SMILES string of the molecule is CCOC(=O)c1ccccc1C(=O)OCC.Cc1ccc(P)cc1. The first-order valence-corrected chi connectivity index (χ1v) is 8.32. The number of esters is 2. The van der Waals surface area contributed by atoms with Gasteiger partial charge in [-0.1, -0.05) is 42.0 Å². The predicted molar refractivity (Wildman–Crippen MR) is 98.9 cm³/mol. The van der Waals surface area contributed by atoms with Gasteiger partial charge in [0.15, 0.2) is 0 Å². The minimum atomic E-state index is -0.508. The highest BCUT2D eigenvalue weighted by Gasteiger charge is 2.17. The second-order valence-corrected chi connectivity index (χ2v) is 5.56. The predicted octanol–water partition coefficient (Wildman–Crippen LogP) is 3.54. The summed E-state index contributed by atoms with van der Waals surface area (Å²) in [7, 11) is 2.65. The first kappa shape index (κ1) is 19.9. The number of carbonyl (C=O) groups is 2. The lowest BCUT2D eigenvalue weighted by Crippen LogP contribution is -2.13. The van der Waals surface area contributed by atoms with Gasteiger partial charge in [0.2, 0.25) is 0 Å². The Kier molecular flexibility index (Phi) is 8.74. The molecule has 0 aliphatic rings. The Balaban J connectivity index is 0.000000300. The van der Waals surface area contributed by atoms with Gasteiger partial charge in [0, 0.05) is 0 Å². The molecule has 5 heteroatoms. The summed E-state index contributed by atoms with van der Waals surface area (Å²) in [6.07, 6.45) is 0. The number of benzene rings is 2. The van der Waals surface area contributed by atoms with Crippen LogP contribution in [0.2, 0.25) is 0 Å². The molecule has 0 aliphatic carbocycles. The highest BCUT2D eigenvalue weighted by atomic mass is 31.0. The normalized spacial score (nSPS) is 9.50. The van der Waals surface area contributed by atoms with Crippen LogP contribution in [0.25, 0.3) is 0 Å². The number of hydrogen-bond acceptors (Lipinski definition) is 4. The van der Waals surface area contributed by atoms with Gasteiger partial charge in [-0.05, 0) is 38.2 Å². The van der Waals surface area contributed by atoms with E-state index in [4.69, 9.17) is 9.47 Å². The lowest BCUT2D eigenvalue weighted by molar-refractivity contribution is 0.0479. The number of carbonyl (C=O) groups excluding carboxylic acids is 2.